The summed E-state index contributed by atoms with van der Waals surface area (Å²) in [6.45, 7) is 1.68. The largest absolute Gasteiger partial charge is 0.405 e. The molecule has 6 nitrogen and oxygen atoms in total. The van der Waals surface area contributed by atoms with Gasteiger partial charge in [0.15, 0.2) is 0 Å². The molecular formula is C21H20F2N4O2. The van der Waals surface area contributed by atoms with Crippen LogP contribution in [0.1, 0.15) is 47.1 Å². The van der Waals surface area contributed by atoms with Crippen LogP contribution in [0.4, 0.5) is 14.8 Å². The van der Waals surface area contributed by atoms with Crippen molar-refractivity contribution in [1.82, 2.24) is 15.5 Å². The van der Waals surface area contributed by atoms with Crippen molar-refractivity contribution in [3.8, 4) is 0 Å². The molecule has 0 bridgehead atoms. The maximum Gasteiger partial charge on any atom is 0.318 e. The van der Waals surface area contributed by atoms with E-state index in [0.29, 0.717) is 17.6 Å². The van der Waals surface area contributed by atoms with Crippen LogP contribution in [0.15, 0.2) is 52.9 Å². The molecule has 1 N–H and O–H groups in total. The minimum atomic E-state index is -0.823. The highest BCUT2D eigenvalue weighted by molar-refractivity contribution is 5.94. The average molecular weight is 398 g/mol. The first kappa shape index (κ1) is 19.0. The number of piperidine rings is 1. The molecule has 1 saturated heterocycles. The van der Waals surface area contributed by atoms with Crippen LogP contribution >= 0.6 is 0 Å². The number of hydrogen-bond donors (Lipinski definition) is 1. The molecular weight excluding hydrogens is 378 g/mol. The maximum atomic E-state index is 13.5. The van der Waals surface area contributed by atoms with E-state index >= 15 is 0 Å². The lowest BCUT2D eigenvalue weighted by Gasteiger charge is -2.24. The van der Waals surface area contributed by atoms with Gasteiger partial charge < -0.3 is 14.6 Å². The fourth-order valence-corrected chi connectivity index (χ4v) is 3.39. The standard InChI is InChI=1S/C21H20F2N4O2/c22-16-11-15(12-17(23)13-16)19(28)24-18(14-7-3-1-4-8-14)20-25-26-21(29-20)27-9-5-2-6-10-27/h1,3-4,7-8,11-13,18H,2,5-6,9-10H2,(H,24,28)/t18-/m1/s1. The summed E-state index contributed by atoms with van der Waals surface area (Å²) in [5, 5.41) is 11.0. The van der Waals surface area contributed by atoms with Gasteiger partial charge in [-0.15, -0.1) is 5.10 Å². The number of hydrogen-bond acceptors (Lipinski definition) is 5. The van der Waals surface area contributed by atoms with Crippen molar-refractivity contribution in [2.24, 2.45) is 0 Å². The molecule has 0 radical (unpaired) electrons. The molecule has 3 aromatic rings. The van der Waals surface area contributed by atoms with Gasteiger partial charge in [0.05, 0.1) is 0 Å². The Morgan fingerprint density at radius 1 is 1.00 bits per heavy atom. The van der Waals surface area contributed by atoms with Crippen LogP contribution in [0.25, 0.3) is 0 Å². The third kappa shape index (κ3) is 4.42. The number of rotatable bonds is 5. The van der Waals surface area contributed by atoms with Gasteiger partial charge in [-0.3, -0.25) is 4.79 Å². The molecule has 0 spiro atoms. The van der Waals surface area contributed by atoms with Gasteiger partial charge in [0.1, 0.15) is 17.7 Å². The summed E-state index contributed by atoms with van der Waals surface area (Å²) >= 11 is 0. The minimum Gasteiger partial charge on any atom is -0.405 e. The SMILES string of the molecule is O=C(N[C@H](c1ccccc1)c1nnc(N2CCCCC2)o1)c1cc(F)cc(F)c1. The van der Waals surface area contributed by atoms with Crippen LogP contribution in [0.3, 0.4) is 0 Å². The zero-order valence-electron chi connectivity index (χ0n) is 15.6. The molecule has 1 aromatic heterocycles. The van der Waals surface area contributed by atoms with E-state index in [2.05, 4.69) is 15.5 Å². The van der Waals surface area contributed by atoms with Crippen LogP contribution < -0.4 is 10.2 Å². The molecule has 4 rings (SSSR count). The van der Waals surface area contributed by atoms with Crippen LogP contribution in [0, 0.1) is 11.6 Å². The zero-order chi connectivity index (χ0) is 20.2. The van der Waals surface area contributed by atoms with Gasteiger partial charge in [-0.25, -0.2) is 8.78 Å². The molecule has 29 heavy (non-hydrogen) atoms. The second-order valence-corrected chi connectivity index (χ2v) is 6.95. The number of amides is 1. The topological polar surface area (TPSA) is 71.3 Å². The molecule has 1 aliphatic rings. The summed E-state index contributed by atoms with van der Waals surface area (Å²) in [5.41, 5.74) is 0.589. The molecule has 2 heterocycles. The Balaban J connectivity index is 1.62. The van der Waals surface area contributed by atoms with Crippen molar-refractivity contribution in [2.75, 3.05) is 18.0 Å². The number of carbonyl (C=O) groups is 1. The van der Waals surface area contributed by atoms with E-state index in [-0.39, 0.29) is 11.5 Å². The van der Waals surface area contributed by atoms with Gasteiger partial charge in [0, 0.05) is 24.7 Å². The highest BCUT2D eigenvalue weighted by Gasteiger charge is 2.26. The predicted octanol–water partition coefficient (Wildman–Crippen LogP) is 3.86. The lowest BCUT2D eigenvalue weighted by Crippen LogP contribution is -2.30. The fourth-order valence-electron chi connectivity index (χ4n) is 3.39. The van der Waals surface area contributed by atoms with E-state index in [1.165, 1.54) is 6.42 Å². The fraction of sp³-hybridized carbons (Fsp3) is 0.286. The third-order valence-electron chi connectivity index (χ3n) is 4.84. The first-order valence-corrected chi connectivity index (χ1v) is 9.50. The summed E-state index contributed by atoms with van der Waals surface area (Å²) < 4.78 is 32.9. The first-order valence-electron chi connectivity index (χ1n) is 9.50. The Morgan fingerprint density at radius 2 is 1.69 bits per heavy atom. The normalized spacial score (nSPS) is 15.2. The summed E-state index contributed by atoms with van der Waals surface area (Å²) in [7, 11) is 0. The highest BCUT2D eigenvalue weighted by atomic mass is 19.1. The molecule has 1 fully saturated rings. The number of nitrogens with zero attached hydrogens (tertiary/aromatic N) is 3. The molecule has 1 amide bonds. The van der Waals surface area contributed by atoms with Crippen LogP contribution in [0.2, 0.25) is 0 Å². The van der Waals surface area contributed by atoms with Crippen molar-refractivity contribution in [1.29, 1.82) is 0 Å². The molecule has 2 aromatic carbocycles. The molecule has 0 saturated carbocycles. The van der Waals surface area contributed by atoms with Crippen molar-refractivity contribution >= 4 is 11.9 Å². The number of halogens is 2. The molecule has 8 heteroatoms. The molecule has 1 aliphatic heterocycles. The lowest BCUT2D eigenvalue weighted by atomic mass is 10.1. The minimum absolute atomic E-state index is 0.126. The second kappa shape index (κ2) is 8.38. The van der Waals surface area contributed by atoms with Gasteiger partial charge in [0.25, 0.3) is 5.91 Å². The Labute approximate surface area is 166 Å². The van der Waals surface area contributed by atoms with Gasteiger partial charge in [-0.1, -0.05) is 35.4 Å². The van der Waals surface area contributed by atoms with Crippen molar-refractivity contribution in [2.45, 2.75) is 25.3 Å². The van der Waals surface area contributed by atoms with E-state index < -0.39 is 23.6 Å². The molecule has 0 unspecified atom stereocenters. The van der Waals surface area contributed by atoms with Crippen LogP contribution in [0.5, 0.6) is 0 Å². The zero-order valence-corrected chi connectivity index (χ0v) is 15.6. The number of benzene rings is 2. The quantitative estimate of drug-likeness (QED) is 0.707. The predicted molar refractivity (Wildman–Crippen MR) is 102 cm³/mol. The Kier molecular flexibility index (Phi) is 5.50. The van der Waals surface area contributed by atoms with Crippen molar-refractivity contribution in [3.63, 3.8) is 0 Å². The molecule has 150 valence electrons. The average Bonchev–Trinajstić information content (AvgIpc) is 3.22. The van der Waals surface area contributed by atoms with E-state index in [1.807, 2.05) is 35.2 Å². The Bertz CT molecular complexity index is 967. The van der Waals surface area contributed by atoms with Gasteiger partial charge >= 0.3 is 6.01 Å². The third-order valence-corrected chi connectivity index (χ3v) is 4.84. The number of anilines is 1. The van der Waals surface area contributed by atoms with Gasteiger partial charge in [-0.2, -0.15) is 0 Å². The summed E-state index contributed by atoms with van der Waals surface area (Å²) in [4.78, 5) is 14.7. The summed E-state index contributed by atoms with van der Waals surface area (Å²) in [6.07, 6.45) is 3.29. The number of carbonyl (C=O) groups excluding carboxylic acids is 1. The second-order valence-electron chi connectivity index (χ2n) is 6.95. The Morgan fingerprint density at radius 3 is 2.38 bits per heavy atom. The number of nitrogens with one attached hydrogen (secondary N) is 1. The highest BCUT2D eigenvalue weighted by Crippen LogP contribution is 2.26. The van der Waals surface area contributed by atoms with Gasteiger partial charge in [0.2, 0.25) is 5.89 Å². The summed E-state index contributed by atoms with van der Waals surface area (Å²) in [6, 6.07) is 11.4. The smallest absolute Gasteiger partial charge is 0.318 e. The van der Waals surface area contributed by atoms with Gasteiger partial charge in [-0.05, 0) is 37.0 Å². The van der Waals surface area contributed by atoms with Crippen molar-refractivity contribution in [3.05, 3.63) is 77.2 Å². The van der Waals surface area contributed by atoms with Crippen molar-refractivity contribution < 1.29 is 18.0 Å². The van der Waals surface area contributed by atoms with E-state index in [9.17, 15) is 13.6 Å². The van der Waals surface area contributed by atoms with Crippen LogP contribution in [-0.2, 0) is 0 Å². The molecule has 1 atom stereocenters. The van der Waals surface area contributed by atoms with E-state index in [0.717, 1.165) is 38.1 Å². The monoisotopic (exact) mass is 398 g/mol. The maximum absolute atomic E-state index is 13.5. The Hall–Kier alpha value is -3.29. The first-order chi connectivity index (χ1) is 14.1. The van der Waals surface area contributed by atoms with E-state index in [1.54, 1.807) is 0 Å². The van der Waals surface area contributed by atoms with E-state index in [4.69, 9.17) is 4.42 Å². The molecule has 0 aliphatic carbocycles. The lowest BCUT2D eigenvalue weighted by molar-refractivity contribution is 0.0937. The number of aromatic nitrogens is 2. The summed E-state index contributed by atoms with van der Waals surface area (Å²) in [5.74, 6) is -2.08. The van der Waals surface area contributed by atoms with Crippen LogP contribution in [-0.4, -0.2) is 29.2 Å².